The summed E-state index contributed by atoms with van der Waals surface area (Å²) < 4.78 is 5.51. The monoisotopic (exact) mass is 315 g/mol. The Hall–Kier alpha value is -3.06. The highest BCUT2D eigenvalue weighted by Crippen LogP contribution is 2.25. The van der Waals surface area contributed by atoms with Gasteiger partial charge in [0.25, 0.3) is 0 Å². The van der Waals surface area contributed by atoms with E-state index in [0.717, 1.165) is 54.0 Å². The lowest BCUT2D eigenvalue weighted by Crippen LogP contribution is -2.03. The summed E-state index contributed by atoms with van der Waals surface area (Å²) in [5, 5.41) is 4.38. The molecule has 24 heavy (non-hydrogen) atoms. The molecule has 4 rings (SSSR count). The van der Waals surface area contributed by atoms with Crippen molar-refractivity contribution in [2.75, 3.05) is 18.5 Å². The SMILES string of the molecule is C(#Cc1ccc2c(c1)CCO2)CCNc1ncnc2ccccc12. The predicted octanol–water partition coefficient (Wildman–Crippen LogP) is 3.42. The van der Waals surface area contributed by atoms with Gasteiger partial charge in [-0.05, 0) is 35.9 Å². The van der Waals surface area contributed by atoms with Crippen LogP contribution in [0.5, 0.6) is 5.75 Å². The van der Waals surface area contributed by atoms with Crippen molar-refractivity contribution in [3.05, 3.63) is 59.9 Å². The van der Waals surface area contributed by atoms with Gasteiger partial charge in [0, 0.05) is 30.3 Å². The number of aromatic nitrogens is 2. The minimum Gasteiger partial charge on any atom is -0.493 e. The molecular formula is C20H17N3O. The summed E-state index contributed by atoms with van der Waals surface area (Å²) in [5.74, 6) is 8.29. The Kier molecular flexibility index (Phi) is 3.99. The number of rotatable bonds is 3. The lowest BCUT2D eigenvalue weighted by molar-refractivity contribution is 0.357. The van der Waals surface area contributed by atoms with Crippen LogP contribution in [-0.2, 0) is 6.42 Å². The zero-order valence-electron chi connectivity index (χ0n) is 13.2. The summed E-state index contributed by atoms with van der Waals surface area (Å²) in [6.45, 7) is 1.53. The number of hydrogen-bond donors (Lipinski definition) is 1. The third kappa shape index (κ3) is 3.02. The number of para-hydroxylation sites is 1. The largest absolute Gasteiger partial charge is 0.493 e. The van der Waals surface area contributed by atoms with Gasteiger partial charge in [-0.25, -0.2) is 9.97 Å². The van der Waals surface area contributed by atoms with Crippen LogP contribution in [0.1, 0.15) is 17.5 Å². The molecule has 0 spiro atoms. The second kappa shape index (κ2) is 6.59. The predicted molar refractivity (Wildman–Crippen MR) is 95.2 cm³/mol. The first-order chi connectivity index (χ1) is 11.9. The molecule has 1 aliphatic heterocycles. The molecule has 0 atom stereocenters. The average molecular weight is 315 g/mol. The van der Waals surface area contributed by atoms with Crippen molar-refractivity contribution >= 4 is 16.7 Å². The fourth-order valence-corrected chi connectivity index (χ4v) is 2.82. The van der Waals surface area contributed by atoms with Gasteiger partial charge in [0.05, 0.1) is 12.1 Å². The van der Waals surface area contributed by atoms with Crippen molar-refractivity contribution in [1.82, 2.24) is 9.97 Å². The topological polar surface area (TPSA) is 47.0 Å². The van der Waals surface area contributed by atoms with Gasteiger partial charge in [-0.15, -0.1) is 0 Å². The Morgan fingerprint density at radius 3 is 3.08 bits per heavy atom. The van der Waals surface area contributed by atoms with E-state index in [1.165, 1.54) is 5.56 Å². The first kappa shape index (κ1) is 14.5. The van der Waals surface area contributed by atoms with E-state index in [0.29, 0.717) is 0 Å². The Bertz CT molecular complexity index is 935. The molecule has 118 valence electrons. The van der Waals surface area contributed by atoms with Crippen LogP contribution in [0.4, 0.5) is 5.82 Å². The molecule has 3 aromatic rings. The van der Waals surface area contributed by atoms with E-state index in [1.54, 1.807) is 6.33 Å². The summed E-state index contributed by atoms with van der Waals surface area (Å²) in [5.41, 5.74) is 3.25. The van der Waals surface area contributed by atoms with Crippen LogP contribution in [0.3, 0.4) is 0 Å². The second-order valence-corrected chi connectivity index (χ2v) is 5.64. The summed E-state index contributed by atoms with van der Waals surface area (Å²) in [6.07, 6.45) is 3.32. The molecule has 0 unspecified atom stereocenters. The van der Waals surface area contributed by atoms with Gasteiger partial charge in [-0.1, -0.05) is 24.0 Å². The van der Waals surface area contributed by atoms with E-state index in [4.69, 9.17) is 4.74 Å². The maximum Gasteiger partial charge on any atom is 0.137 e. The van der Waals surface area contributed by atoms with Crippen molar-refractivity contribution < 1.29 is 4.74 Å². The second-order valence-electron chi connectivity index (χ2n) is 5.64. The van der Waals surface area contributed by atoms with Crippen LogP contribution in [0, 0.1) is 11.8 Å². The van der Waals surface area contributed by atoms with Crippen molar-refractivity contribution in [3.63, 3.8) is 0 Å². The minimum absolute atomic E-state index is 0.752. The Morgan fingerprint density at radius 1 is 1.12 bits per heavy atom. The fourth-order valence-electron chi connectivity index (χ4n) is 2.82. The molecule has 0 saturated heterocycles. The molecule has 2 heterocycles. The Balaban J connectivity index is 1.38. The third-order valence-corrected chi connectivity index (χ3v) is 4.01. The van der Waals surface area contributed by atoms with Crippen molar-refractivity contribution in [1.29, 1.82) is 0 Å². The van der Waals surface area contributed by atoms with Gasteiger partial charge in [-0.2, -0.15) is 0 Å². The molecule has 4 nitrogen and oxygen atoms in total. The number of nitrogens with one attached hydrogen (secondary N) is 1. The molecule has 0 fully saturated rings. The van der Waals surface area contributed by atoms with Crippen molar-refractivity contribution in [2.45, 2.75) is 12.8 Å². The molecule has 0 amide bonds. The highest BCUT2D eigenvalue weighted by molar-refractivity contribution is 5.88. The van der Waals surface area contributed by atoms with Crippen LogP contribution in [-0.4, -0.2) is 23.1 Å². The zero-order valence-corrected chi connectivity index (χ0v) is 13.2. The van der Waals surface area contributed by atoms with Gasteiger partial charge in [-0.3, -0.25) is 0 Å². The van der Waals surface area contributed by atoms with E-state index in [9.17, 15) is 0 Å². The van der Waals surface area contributed by atoms with E-state index in [2.05, 4.69) is 33.2 Å². The average Bonchev–Trinajstić information content (AvgIpc) is 3.09. The number of fused-ring (bicyclic) bond motifs is 2. The molecule has 0 radical (unpaired) electrons. The molecule has 0 aliphatic carbocycles. The van der Waals surface area contributed by atoms with Crippen LogP contribution in [0.15, 0.2) is 48.8 Å². The van der Waals surface area contributed by atoms with Crippen LogP contribution in [0.2, 0.25) is 0 Å². The number of ether oxygens (including phenoxy) is 1. The van der Waals surface area contributed by atoms with Crippen LogP contribution in [0.25, 0.3) is 10.9 Å². The molecule has 4 heteroatoms. The van der Waals surface area contributed by atoms with Crippen LogP contribution >= 0.6 is 0 Å². The standard InChI is InChI=1S/C20H17N3O/c1-2-7-18-17(6-1)20(23-14-22-18)21-11-4-3-5-15-8-9-19-16(13-15)10-12-24-19/h1-2,6-9,13-14H,4,10-12H2,(H,21,22,23). The van der Waals surface area contributed by atoms with E-state index >= 15 is 0 Å². The number of benzene rings is 2. The third-order valence-electron chi connectivity index (χ3n) is 4.01. The normalized spacial score (nSPS) is 12.2. The molecule has 0 saturated carbocycles. The summed E-state index contributed by atoms with van der Waals surface area (Å²) in [7, 11) is 0. The van der Waals surface area contributed by atoms with Gasteiger partial charge in [0.15, 0.2) is 0 Å². The summed E-state index contributed by atoms with van der Waals surface area (Å²) >= 11 is 0. The highest BCUT2D eigenvalue weighted by atomic mass is 16.5. The van der Waals surface area contributed by atoms with Crippen molar-refractivity contribution in [2.24, 2.45) is 0 Å². The fraction of sp³-hybridized carbons (Fsp3) is 0.200. The molecule has 0 bridgehead atoms. The van der Waals surface area contributed by atoms with Gasteiger partial charge < -0.3 is 10.1 Å². The first-order valence-corrected chi connectivity index (χ1v) is 8.08. The van der Waals surface area contributed by atoms with Gasteiger partial charge in [0.1, 0.15) is 17.9 Å². The molecule has 1 aliphatic rings. The summed E-state index contributed by atoms with van der Waals surface area (Å²) in [6, 6.07) is 14.1. The quantitative estimate of drug-likeness (QED) is 0.594. The van der Waals surface area contributed by atoms with E-state index < -0.39 is 0 Å². The van der Waals surface area contributed by atoms with Crippen molar-refractivity contribution in [3.8, 4) is 17.6 Å². The lowest BCUT2D eigenvalue weighted by Gasteiger charge is -2.06. The first-order valence-electron chi connectivity index (χ1n) is 8.08. The Labute approximate surface area is 140 Å². The van der Waals surface area contributed by atoms with E-state index in [-0.39, 0.29) is 0 Å². The smallest absolute Gasteiger partial charge is 0.137 e. The van der Waals surface area contributed by atoms with Crippen LogP contribution < -0.4 is 10.1 Å². The maximum atomic E-state index is 5.51. The number of hydrogen-bond acceptors (Lipinski definition) is 4. The Morgan fingerprint density at radius 2 is 2.08 bits per heavy atom. The number of nitrogens with zero attached hydrogens (tertiary/aromatic N) is 2. The van der Waals surface area contributed by atoms with Gasteiger partial charge in [0.2, 0.25) is 0 Å². The highest BCUT2D eigenvalue weighted by Gasteiger charge is 2.10. The van der Waals surface area contributed by atoms with E-state index in [1.807, 2.05) is 36.4 Å². The summed E-state index contributed by atoms with van der Waals surface area (Å²) in [4.78, 5) is 8.58. The zero-order chi connectivity index (χ0) is 16.2. The molecule has 2 aromatic carbocycles. The molecular weight excluding hydrogens is 298 g/mol. The van der Waals surface area contributed by atoms with Gasteiger partial charge >= 0.3 is 0 Å². The molecule has 1 aromatic heterocycles. The minimum atomic E-state index is 0.752. The molecule has 1 N–H and O–H groups in total. The maximum absolute atomic E-state index is 5.51. The lowest BCUT2D eigenvalue weighted by atomic mass is 10.1. The number of anilines is 1.